The van der Waals surface area contributed by atoms with Crippen molar-refractivity contribution in [2.24, 2.45) is 5.92 Å². The highest BCUT2D eigenvalue weighted by Crippen LogP contribution is 2.36. The zero-order chi connectivity index (χ0) is 20.2. The summed E-state index contributed by atoms with van der Waals surface area (Å²) in [5.74, 6) is 1.47. The van der Waals surface area contributed by atoms with Gasteiger partial charge in [0.15, 0.2) is 0 Å². The van der Waals surface area contributed by atoms with Gasteiger partial charge >= 0.3 is 0 Å². The monoisotopic (exact) mass is 394 g/mol. The highest BCUT2D eigenvalue weighted by molar-refractivity contribution is 5.79. The largest absolute Gasteiger partial charge is 0.340 e. The third kappa shape index (κ3) is 4.25. The maximum Gasteiger partial charge on any atom is 0.226 e. The van der Waals surface area contributed by atoms with Gasteiger partial charge in [-0.3, -0.25) is 4.79 Å². The number of carbonyl (C=O) groups excluding carboxylic acids is 1. The van der Waals surface area contributed by atoms with E-state index in [9.17, 15) is 4.79 Å². The number of hydrogen-bond donors (Lipinski definition) is 1. The van der Waals surface area contributed by atoms with Gasteiger partial charge in [-0.15, -0.1) is 0 Å². The highest BCUT2D eigenvalue weighted by atomic mass is 16.2. The lowest BCUT2D eigenvalue weighted by molar-refractivity contribution is -0.138. The zero-order valence-corrected chi connectivity index (χ0v) is 17.8. The fourth-order valence-electron chi connectivity index (χ4n) is 5.25. The Hall–Kier alpha value is -2.14. The molecule has 0 unspecified atom stereocenters. The first-order valence-electron chi connectivity index (χ1n) is 11.4. The van der Waals surface area contributed by atoms with Crippen molar-refractivity contribution in [1.29, 1.82) is 0 Å². The molecule has 2 heterocycles. The van der Waals surface area contributed by atoms with Crippen molar-refractivity contribution in [3.8, 4) is 11.3 Å². The molecule has 2 fully saturated rings. The number of nitrogens with one attached hydrogen (secondary N) is 1. The van der Waals surface area contributed by atoms with E-state index in [1.54, 1.807) is 0 Å². The van der Waals surface area contributed by atoms with Crippen molar-refractivity contribution in [2.75, 3.05) is 19.6 Å². The second kappa shape index (κ2) is 9.12. The Morgan fingerprint density at radius 1 is 1.10 bits per heavy atom. The molecule has 1 aromatic heterocycles. The quantitative estimate of drug-likeness (QED) is 0.776. The molecule has 2 aliphatic rings. The number of likely N-dealkylation sites (tertiary alicyclic amines) is 1. The molecule has 1 saturated heterocycles. The molecule has 1 saturated carbocycles. The lowest BCUT2D eigenvalue weighted by atomic mass is 9.84. The molecule has 1 atom stereocenters. The molecular formula is C24H34N4O. The van der Waals surface area contributed by atoms with Crippen molar-refractivity contribution in [3.63, 3.8) is 0 Å². The summed E-state index contributed by atoms with van der Waals surface area (Å²) in [7, 11) is 0. The van der Waals surface area contributed by atoms with Crippen LogP contribution in [0.1, 0.15) is 64.2 Å². The van der Waals surface area contributed by atoms with E-state index in [4.69, 9.17) is 0 Å². The van der Waals surface area contributed by atoms with Crippen molar-refractivity contribution in [2.45, 2.75) is 64.5 Å². The van der Waals surface area contributed by atoms with Crippen molar-refractivity contribution < 1.29 is 4.79 Å². The van der Waals surface area contributed by atoms with Crippen molar-refractivity contribution >= 4 is 5.91 Å². The fourth-order valence-corrected chi connectivity index (χ4v) is 5.25. The molecule has 0 bridgehead atoms. The first kappa shape index (κ1) is 20.1. The van der Waals surface area contributed by atoms with Gasteiger partial charge in [0.05, 0.1) is 17.9 Å². The van der Waals surface area contributed by atoms with E-state index in [0.717, 1.165) is 75.2 Å². The number of H-pyrrole nitrogens is 1. The van der Waals surface area contributed by atoms with Gasteiger partial charge in [-0.05, 0) is 57.2 Å². The van der Waals surface area contributed by atoms with Gasteiger partial charge < -0.3 is 14.8 Å². The second-order valence-electron chi connectivity index (χ2n) is 8.46. The molecule has 4 rings (SSSR count). The maximum absolute atomic E-state index is 13.3. The third-order valence-electron chi connectivity index (χ3n) is 6.91. The molecule has 0 radical (unpaired) electrons. The molecule has 0 spiro atoms. The SMILES string of the molecule is CCN(CC)C1CCC(C(=O)N2CCC[C@H]2c2ncc(-c3ccccc3)[nH]2)CC1. The number of hydrogen-bond acceptors (Lipinski definition) is 3. The number of carbonyl (C=O) groups is 1. The van der Waals surface area contributed by atoms with E-state index in [0.29, 0.717) is 11.9 Å². The summed E-state index contributed by atoms with van der Waals surface area (Å²) in [6, 6.07) is 11.0. The van der Waals surface area contributed by atoms with E-state index < -0.39 is 0 Å². The van der Waals surface area contributed by atoms with E-state index in [-0.39, 0.29) is 12.0 Å². The number of rotatable bonds is 6. The van der Waals surface area contributed by atoms with Gasteiger partial charge in [0.1, 0.15) is 5.82 Å². The van der Waals surface area contributed by atoms with Gasteiger partial charge in [-0.2, -0.15) is 0 Å². The van der Waals surface area contributed by atoms with Crippen LogP contribution in [0.25, 0.3) is 11.3 Å². The average Bonchev–Trinajstić information content (AvgIpc) is 3.45. The van der Waals surface area contributed by atoms with Gasteiger partial charge in [-0.1, -0.05) is 44.2 Å². The Morgan fingerprint density at radius 2 is 1.83 bits per heavy atom. The highest BCUT2D eigenvalue weighted by Gasteiger charge is 2.37. The number of benzene rings is 1. The smallest absolute Gasteiger partial charge is 0.226 e. The van der Waals surface area contributed by atoms with Crippen LogP contribution in [0, 0.1) is 5.92 Å². The molecular weight excluding hydrogens is 360 g/mol. The number of amides is 1. The summed E-state index contributed by atoms with van der Waals surface area (Å²) in [5, 5.41) is 0. The van der Waals surface area contributed by atoms with E-state index in [1.807, 2.05) is 24.4 Å². The lowest BCUT2D eigenvalue weighted by Gasteiger charge is -2.37. The van der Waals surface area contributed by atoms with Gasteiger partial charge in [0, 0.05) is 18.5 Å². The average molecular weight is 395 g/mol. The maximum atomic E-state index is 13.3. The summed E-state index contributed by atoms with van der Waals surface area (Å²) in [6.45, 7) is 7.55. The van der Waals surface area contributed by atoms with Crippen LogP contribution >= 0.6 is 0 Å². The Labute approximate surface area is 174 Å². The molecule has 1 N–H and O–H groups in total. The van der Waals surface area contributed by atoms with Crippen LogP contribution < -0.4 is 0 Å². The predicted octanol–water partition coefficient (Wildman–Crippen LogP) is 4.64. The fraction of sp³-hybridized carbons (Fsp3) is 0.583. The van der Waals surface area contributed by atoms with Gasteiger partial charge in [0.25, 0.3) is 0 Å². The summed E-state index contributed by atoms with van der Waals surface area (Å²) < 4.78 is 0. The predicted molar refractivity (Wildman–Crippen MR) is 116 cm³/mol. The minimum Gasteiger partial charge on any atom is -0.340 e. The van der Waals surface area contributed by atoms with Crippen LogP contribution in [0.5, 0.6) is 0 Å². The molecule has 1 aromatic carbocycles. The van der Waals surface area contributed by atoms with Crippen molar-refractivity contribution in [3.05, 3.63) is 42.4 Å². The van der Waals surface area contributed by atoms with Crippen LogP contribution in [-0.4, -0.2) is 51.4 Å². The molecule has 1 amide bonds. The minimum atomic E-state index is 0.0977. The number of imidazole rings is 1. The second-order valence-corrected chi connectivity index (χ2v) is 8.46. The molecule has 29 heavy (non-hydrogen) atoms. The molecule has 156 valence electrons. The Morgan fingerprint density at radius 3 is 2.52 bits per heavy atom. The van der Waals surface area contributed by atoms with Crippen molar-refractivity contribution in [1.82, 2.24) is 19.8 Å². The molecule has 1 aliphatic carbocycles. The minimum absolute atomic E-state index is 0.0977. The summed E-state index contributed by atoms with van der Waals surface area (Å²) in [6.07, 6.45) is 8.31. The van der Waals surface area contributed by atoms with Crippen LogP contribution in [-0.2, 0) is 4.79 Å². The third-order valence-corrected chi connectivity index (χ3v) is 6.91. The molecule has 5 heteroatoms. The Balaban J connectivity index is 1.41. The van der Waals surface area contributed by atoms with Crippen LogP contribution in [0.3, 0.4) is 0 Å². The summed E-state index contributed by atoms with van der Waals surface area (Å²) in [5.41, 5.74) is 2.16. The van der Waals surface area contributed by atoms with Gasteiger partial charge in [0.2, 0.25) is 5.91 Å². The molecule has 5 nitrogen and oxygen atoms in total. The molecule has 1 aliphatic heterocycles. The number of nitrogens with zero attached hydrogens (tertiary/aromatic N) is 3. The number of aromatic nitrogens is 2. The molecule has 2 aromatic rings. The van der Waals surface area contributed by atoms with Crippen LogP contribution in [0.4, 0.5) is 0 Å². The topological polar surface area (TPSA) is 52.2 Å². The normalized spacial score (nSPS) is 24.9. The van der Waals surface area contributed by atoms with E-state index >= 15 is 0 Å². The standard InChI is InChI=1S/C24H34N4O/c1-3-27(4-2)20-14-12-19(13-15-20)24(29)28-16-8-11-22(28)23-25-17-21(26-23)18-9-6-5-7-10-18/h5-7,9-10,17,19-20,22H,3-4,8,11-16H2,1-2H3,(H,25,26)/t19?,20?,22-/m0/s1. The summed E-state index contributed by atoms with van der Waals surface area (Å²) >= 11 is 0. The first-order chi connectivity index (χ1) is 14.2. The van der Waals surface area contributed by atoms with E-state index in [2.05, 4.69) is 45.7 Å². The summed E-state index contributed by atoms with van der Waals surface area (Å²) in [4.78, 5) is 26.1. The van der Waals surface area contributed by atoms with Crippen LogP contribution in [0.2, 0.25) is 0 Å². The van der Waals surface area contributed by atoms with E-state index in [1.165, 1.54) is 0 Å². The zero-order valence-electron chi connectivity index (χ0n) is 17.8. The first-order valence-corrected chi connectivity index (χ1v) is 11.4. The number of aromatic amines is 1. The Kier molecular flexibility index (Phi) is 6.34. The van der Waals surface area contributed by atoms with Crippen LogP contribution in [0.15, 0.2) is 36.5 Å². The van der Waals surface area contributed by atoms with Gasteiger partial charge in [-0.25, -0.2) is 4.98 Å². The lowest BCUT2D eigenvalue weighted by Crippen LogP contribution is -2.42. The Bertz CT molecular complexity index is 790.